The molecule has 16 heavy (non-hydrogen) atoms. The lowest BCUT2D eigenvalue weighted by atomic mass is 10.4. The minimum atomic E-state index is -3.32. The Kier molecular flexibility index (Phi) is 3.74. The quantitative estimate of drug-likeness (QED) is 0.862. The second kappa shape index (κ2) is 4.69. The van der Waals surface area contributed by atoms with E-state index >= 15 is 0 Å². The Morgan fingerprint density at radius 2 is 2.06 bits per heavy atom. The summed E-state index contributed by atoms with van der Waals surface area (Å²) in [7, 11) is -3.32. The van der Waals surface area contributed by atoms with E-state index in [2.05, 4.69) is 4.98 Å². The predicted octanol–water partition coefficient (Wildman–Crippen LogP) is 1.23. The first-order valence-electron chi connectivity index (χ1n) is 5.12. The number of rotatable bonds is 4. The lowest BCUT2D eigenvalue weighted by Crippen LogP contribution is -2.36. The third kappa shape index (κ3) is 2.44. The minimum Gasteiger partial charge on any atom is -0.397 e. The summed E-state index contributed by atoms with van der Waals surface area (Å²) in [6, 6.07) is 3.25. The van der Waals surface area contributed by atoms with Crippen LogP contribution in [0.5, 0.6) is 0 Å². The molecule has 1 heterocycles. The Labute approximate surface area is 96.3 Å². The Bertz CT molecular complexity index is 440. The Hall–Kier alpha value is -1.30. The molecule has 0 amide bonds. The maximum atomic E-state index is 12.0. The molecule has 0 fully saturated rings. The number of nitrogen functional groups attached to an aromatic ring is 1. The van der Waals surface area contributed by atoms with E-state index < -0.39 is 15.3 Å². The van der Waals surface area contributed by atoms with Gasteiger partial charge in [0.15, 0.2) is 0 Å². The zero-order chi connectivity index (χ0) is 12.3. The fraction of sp³-hybridized carbons (Fsp3) is 0.500. The van der Waals surface area contributed by atoms with Crippen molar-refractivity contribution in [1.29, 1.82) is 0 Å². The number of sulfonamides is 1. The minimum absolute atomic E-state index is 0.359. The van der Waals surface area contributed by atoms with Gasteiger partial charge >= 0.3 is 0 Å². The SMILES string of the molecule is CCN(c1ccc(N)cn1)S(=O)(=O)C(C)C. The zero-order valence-corrected chi connectivity index (χ0v) is 10.5. The predicted molar refractivity (Wildman–Crippen MR) is 65.7 cm³/mol. The molecule has 1 rings (SSSR count). The van der Waals surface area contributed by atoms with Crippen molar-refractivity contribution in [3.8, 4) is 0 Å². The molecule has 0 aliphatic heterocycles. The van der Waals surface area contributed by atoms with E-state index in [4.69, 9.17) is 5.73 Å². The molecule has 2 N–H and O–H groups in total. The van der Waals surface area contributed by atoms with Crippen LogP contribution in [0.3, 0.4) is 0 Å². The van der Waals surface area contributed by atoms with Crippen molar-refractivity contribution < 1.29 is 8.42 Å². The van der Waals surface area contributed by atoms with Crippen molar-refractivity contribution in [1.82, 2.24) is 4.98 Å². The highest BCUT2D eigenvalue weighted by molar-refractivity contribution is 7.93. The molecule has 0 bridgehead atoms. The number of aromatic nitrogens is 1. The summed E-state index contributed by atoms with van der Waals surface area (Å²) in [5.41, 5.74) is 6.02. The molecular weight excluding hydrogens is 226 g/mol. The van der Waals surface area contributed by atoms with E-state index in [1.165, 1.54) is 10.5 Å². The third-order valence-corrected chi connectivity index (χ3v) is 4.47. The van der Waals surface area contributed by atoms with E-state index in [9.17, 15) is 8.42 Å². The van der Waals surface area contributed by atoms with Gasteiger partial charge in [0.2, 0.25) is 10.0 Å². The number of hydrogen-bond acceptors (Lipinski definition) is 4. The molecule has 1 aromatic rings. The van der Waals surface area contributed by atoms with Gasteiger partial charge in [0, 0.05) is 6.54 Å². The Morgan fingerprint density at radius 1 is 1.44 bits per heavy atom. The van der Waals surface area contributed by atoms with Crippen LogP contribution in [0.25, 0.3) is 0 Å². The maximum absolute atomic E-state index is 12.0. The molecule has 0 atom stereocenters. The first-order valence-corrected chi connectivity index (χ1v) is 6.63. The van der Waals surface area contributed by atoms with E-state index in [-0.39, 0.29) is 0 Å². The number of anilines is 2. The fourth-order valence-electron chi connectivity index (χ4n) is 1.27. The lowest BCUT2D eigenvalue weighted by molar-refractivity contribution is 0.582. The van der Waals surface area contributed by atoms with Crippen LogP contribution in [0.2, 0.25) is 0 Å². The highest BCUT2D eigenvalue weighted by atomic mass is 32.2. The molecule has 90 valence electrons. The third-order valence-electron chi connectivity index (χ3n) is 2.22. The number of nitrogens with two attached hydrogens (primary N) is 1. The van der Waals surface area contributed by atoms with Gasteiger partial charge in [-0.2, -0.15) is 0 Å². The average molecular weight is 243 g/mol. The van der Waals surface area contributed by atoms with Gasteiger partial charge < -0.3 is 5.73 Å². The fourth-order valence-corrected chi connectivity index (χ4v) is 2.51. The summed E-state index contributed by atoms with van der Waals surface area (Å²) in [5, 5.41) is -0.466. The van der Waals surface area contributed by atoms with Gasteiger partial charge in [0.1, 0.15) is 5.82 Å². The first-order chi connectivity index (χ1) is 7.39. The molecule has 0 saturated heterocycles. The van der Waals surface area contributed by atoms with Crippen molar-refractivity contribution in [2.24, 2.45) is 0 Å². The number of hydrogen-bond donors (Lipinski definition) is 1. The first kappa shape index (κ1) is 12.8. The van der Waals surface area contributed by atoms with Gasteiger partial charge in [-0.3, -0.25) is 4.31 Å². The summed E-state index contributed by atoms with van der Waals surface area (Å²) in [5.74, 6) is 0.408. The molecule has 0 aromatic carbocycles. The van der Waals surface area contributed by atoms with Crippen molar-refractivity contribution >= 4 is 21.5 Å². The molecule has 0 unspecified atom stereocenters. The molecule has 1 aromatic heterocycles. The normalized spacial score (nSPS) is 11.8. The average Bonchev–Trinajstić information content (AvgIpc) is 2.21. The molecule has 0 aliphatic rings. The summed E-state index contributed by atoms with van der Waals surface area (Å²) in [4.78, 5) is 4.02. The van der Waals surface area contributed by atoms with Crippen LogP contribution in [0.1, 0.15) is 20.8 Å². The largest absolute Gasteiger partial charge is 0.397 e. The van der Waals surface area contributed by atoms with E-state index in [0.717, 1.165) is 0 Å². The molecular formula is C10H17N3O2S. The van der Waals surface area contributed by atoms with Crippen molar-refractivity contribution in [2.75, 3.05) is 16.6 Å². The monoisotopic (exact) mass is 243 g/mol. The Balaban J connectivity index is 3.13. The number of pyridine rings is 1. The van der Waals surface area contributed by atoms with E-state index in [1.807, 2.05) is 0 Å². The molecule has 0 aliphatic carbocycles. The topological polar surface area (TPSA) is 76.3 Å². The van der Waals surface area contributed by atoms with Crippen LogP contribution in [-0.4, -0.2) is 25.2 Å². The van der Waals surface area contributed by atoms with Crippen molar-refractivity contribution in [2.45, 2.75) is 26.0 Å². The summed E-state index contributed by atoms with van der Waals surface area (Å²) in [6.07, 6.45) is 1.45. The lowest BCUT2D eigenvalue weighted by Gasteiger charge is -2.23. The van der Waals surface area contributed by atoms with Gasteiger partial charge in [0.05, 0.1) is 17.1 Å². The molecule has 0 radical (unpaired) electrons. The number of nitrogens with zero attached hydrogens (tertiary/aromatic N) is 2. The van der Waals surface area contributed by atoms with Gasteiger partial charge in [-0.05, 0) is 32.9 Å². The Morgan fingerprint density at radius 3 is 2.44 bits per heavy atom. The standard InChI is InChI=1S/C10H17N3O2S/c1-4-13(16(14,15)8(2)3)10-6-5-9(11)7-12-10/h5-8H,4,11H2,1-3H3. The van der Waals surface area contributed by atoms with Crippen molar-refractivity contribution in [3.05, 3.63) is 18.3 Å². The van der Waals surface area contributed by atoms with Crippen LogP contribution < -0.4 is 10.0 Å². The summed E-state index contributed by atoms with van der Waals surface area (Å²) >= 11 is 0. The highest BCUT2D eigenvalue weighted by Gasteiger charge is 2.25. The van der Waals surface area contributed by atoms with Crippen LogP contribution in [0.4, 0.5) is 11.5 Å². The van der Waals surface area contributed by atoms with Crippen LogP contribution in [-0.2, 0) is 10.0 Å². The molecule has 0 saturated carbocycles. The van der Waals surface area contributed by atoms with Gasteiger partial charge in [-0.15, -0.1) is 0 Å². The van der Waals surface area contributed by atoms with Crippen LogP contribution in [0, 0.1) is 0 Å². The molecule has 6 heteroatoms. The molecule has 5 nitrogen and oxygen atoms in total. The molecule has 0 spiro atoms. The summed E-state index contributed by atoms with van der Waals surface area (Å²) in [6.45, 7) is 5.43. The van der Waals surface area contributed by atoms with Crippen molar-refractivity contribution in [3.63, 3.8) is 0 Å². The summed E-state index contributed by atoms with van der Waals surface area (Å²) < 4.78 is 25.3. The maximum Gasteiger partial charge on any atom is 0.238 e. The second-order valence-electron chi connectivity index (χ2n) is 3.71. The highest BCUT2D eigenvalue weighted by Crippen LogP contribution is 2.18. The second-order valence-corrected chi connectivity index (χ2v) is 6.12. The van der Waals surface area contributed by atoms with Gasteiger partial charge in [-0.25, -0.2) is 13.4 Å². The van der Waals surface area contributed by atoms with Crippen LogP contribution in [0.15, 0.2) is 18.3 Å². The van der Waals surface area contributed by atoms with Gasteiger partial charge in [-0.1, -0.05) is 0 Å². The van der Waals surface area contributed by atoms with E-state index in [1.54, 1.807) is 32.9 Å². The van der Waals surface area contributed by atoms with E-state index in [0.29, 0.717) is 18.1 Å². The smallest absolute Gasteiger partial charge is 0.238 e. The van der Waals surface area contributed by atoms with Gasteiger partial charge in [0.25, 0.3) is 0 Å². The van der Waals surface area contributed by atoms with Crippen LogP contribution >= 0.6 is 0 Å². The zero-order valence-electron chi connectivity index (χ0n) is 9.71.